The lowest BCUT2D eigenvalue weighted by atomic mass is 9.91. The lowest BCUT2D eigenvalue weighted by molar-refractivity contribution is -0.123. The largest absolute Gasteiger partial charge is 0.353 e. The maximum Gasteiger partial charge on any atom is 0.220 e. The van der Waals surface area contributed by atoms with Crippen LogP contribution in [0.15, 0.2) is 30.3 Å². The van der Waals surface area contributed by atoms with E-state index in [9.17, 15) is 4.79 Å². The van der Waals surface area contributed by atoms with Gasteiger partial charge in [-0.25, -0.2) is 0 Å². The molecule has 0 heterocycles. The quantitative estimate of drug-likeness (QED) is 0.847. The van der Waals surface area contributed by atoms with Gasteiger partial charge in [-0.15, -0.1) is 0 Å². The van der Waals surface area contributed by atoms with Gasteiger partial charge < -0.3 is 5.32 Å². The molecule has 0 spiro atoms. The summed E-state index contributed by atoms with van der Waals surface area (Å²) in [6.45, 7) is 8.38. The highest BCUT2D eigenvalue weighted by Crippen LogP contribution is 2.18. The number of nitrogens with one attached hydrogen (secondary N) is 1. The first-order valence-electron chi connectivity index (χ1n) is 6.74. The van der Waals surface area contributed by atoms with Crippen molar-refractivity contribution in [1.29, 1.82) is 0 Å². The van der Waals surface area contributed by atoms with E-state index in [-0.39, 0.29) is 17.4 Å². The van der Waals surface area contributed by atoms with Gasteiger partial charge >= 0.3 is 0 Å². The van der Waals surface area contributed by atoms with E-state index < -0.39 is 0 Å². The van der Waals surface area contributed by atoms with E-state index >= 15 is 0 Å². The summed E-state index contributed by atoms with van der Waals surface area (Å²) in [6, 6.07) is 10.6. The predicted molar refractivity (Wildman–Crippen MR) is 76.4 cm³/mol. The highest BCUT2D eigenvalue weighted by molar-refractivity contribution is 5.76. The van der Waals surface area contributed by atoms with Crippen molar-refractivity contribution in [3.8, 4) is 0 Å². The molecule has 2 heteroatoms. The summed E-state index contributed by atoms with van der Waals surface area (Å²) in [4.78, 5) is 11.9. The van der Waals surface area contributed by atoms with Crippen LogP contribution in [0.4, 0.5) is 0 Å². The molecule has 1 rings (SSSR count). The lowest BCUT2D eigenvalue weighted by Crippen LogP contribution is -2.37. The van der Waals surface area contributed by atoms with Crippen LogP contribution in [0, 0.1) is 5.41 Å². The fourth-order valence-electron chi connectivity index (χ4n) is 1.96. The molecule has 100 valence electrons. The maximum atomic E-state index is 11.9. The molecule has 0 bridgehead atoms. The Hall–Kier alpha value is -1.31. The Bertz CT molecular complexity index is 364. The fourth-order valence-corrected chi connectivity index (χ4v) is 1.96. The summed E-state index contributed by atoms with van der Waals surface area (Å²) in [5.41, 5.74) is 1.33. The predicted octanol–water partition coefficient (Wildman–Crippen LogP) is 3.56. The zero-order valence-corrected chi connectivity index (χ0v) is 12.0. The second kappa shape index (κ2) is 6.58. The van der Waals surface area contributed by atoms with Crippen molar-refractivity contribution < 1.29 is 4.79 Å². The first kappa shape index (κ1) is 14.7. The van der Waals surface area contributed by atoms with Crippen LogP contribution in [0.1, 0.15) is 46.1 Å². The van der Waals surface area contributed by atoms with Gasteiger partial charge in [0, 0.05) is 12.5 Å². The van der Waals surface area contributed by atoms with Crippen molar-refractivity contribution >= 4 is 5.91 Å². The SMILES string of the molecule is CCC(Cc1ccccc1)NC(=O)CC(C)(C)C. The Labute approximate surface area is 111 Å². The molecular weight excluding hydrogens is 222 g/mol. The van der Waals surface area contributed by atoms with E-state index in [1.807, 2.05) is 18.2 Å². The molecule has 1 amide bonds. The van der Waals surface area contributed by atoms with Crippen LogP contribution in [0.2, 0.25) is 0 Å². The number of rotatable bonds is 5. The van der Waals surface area contributed by atoms with Crippen molar-refractivity contribution in [2.75, 3.05) is 0 Å². The average molecular weight is 247 g/mol. The normalized spacial score (nSPS) is 13.1. The molecule has 0 fully saturated rings. The molecule has 18 heavy (non-hydrogen) atoms. The number of carbonyl (C=O) groups is 1. The van der Waals surface area contributed by atoms with Crippen molar-refractivity contribution in [2.45, 2.75) is 53.0 Å². The van der Waals surface area contributed by atoms with Crippen LogP contribution in [-0.2, 0) is 11.2 Å². The molecule has 0 radical (unpaired) electrons. The Morgan fingerprint density at radius 2 is 1.83 bits per heavy atom. The molecule has 0 aliphatic rings. The Morgan fingerprint density at radius 3 is 2.33 bits per heavy atom. The third-order valence-corrected chi connectivity index (χ3v) is 2.87. The second-order valence-corrected chi connectivity index (χ2v) is 6.10. The van der Waals surface area contributed by atoms with E-state index in [0.29, 0.717) is 6.42 Å². The van der Waals surface area contributed by atoms with Gasteiger partial charge in [-0.3, -0.25) is 4.79 Å². The van der Waals surface area contributed by atoms with Crippen molar-refractivity contribution in [2.24, 2.45) is 5.41 Å². The van der Waals surface area contributed by atoms with E-state index in [1.165, 1.54) is 5.56 Å². The van der Waals surface area contributed by atoms with Crippen LogP contribution in [-0.4, -0.2) is 11.9 Å². The van der Waals surface area contributed by atoms with E-state index in [1.54, 1.807) is 0 Å². The summed E-state index contributed by atoms with van der Waals surface area (Å²) in [7, 11) is 0. The summed E-state index contributed by atoms with van der Waals surface area (Å²) in [5.74, 6) is 0.158. The van der Waals surface area contributed by atoms with Crippen molar-refractivity contribution in [1.82, 2.24) is 5.32 Å². The molecule has 2 nitrogen and oxygen atoms in total. The number of carbonyl (C=O) groups excluding carboxylic acids is 1. The van der Waals surface area contributed by atoms with Gasteiger partial charge in [-0.05, 0) is 23.8 Å². The summed E-state index contributed by atoms with van der Waals surface area (Å²) in [5, 5.41) is 3.13. The molecule has 0 aliphatic heterocycles. The first-order valence-corrected chi connectivity index (χ1v) is 6.74. The highest BCUT2D eigenvalue weighted by Gasteiger charge is 2.18. The molecule has 0 saturated carbocycles. The van der Waals surface area contributed by atoms with Crippen LogP contribution in [0.5, 0.6) is 0 Å². The van der Waals surface area contributed by atoms with Gasteiger partial charge in [-0.2, -0.15) is 0 Å². The molecule has 1 aromatic rings. The van der Waals surface area contributed by atoms with Gasteiger partial charge in [0.25, 0.3) is 0 Å². The molecule has 0 saturated heterocycles. The summed E-state index contributed by atoms with van der Waals surface area (Å²) in [6.07, 6.45) is 2.45. The van der Waals surface area contributed by atoms with Crippen LogP contribution < -0.4 is 5.32 Å². The zero-order chi connectivity index (χ0) is 13.6. The lowest BCUT2D eigenvalue weighted by Gasteiger charge is -2.21. The average Bonchev–Trinajstić information content (AvgIpc) is 2.27. The standard InChI is InChI=1S/C16H25NO/c1-5-14(11-13-9-7-6-8-10-13)17-15(18)12-16(2,3)4/h6-10,14H,5,11-12H2,1-4H3,(H,17,18). The highest BCUT2D eigenvalue weighted by atomic mass is 16.1. The minimum absolute atomic E-state index is 0.0507. The molecule has 1 aromatic carbocycles. The number of benzene rings is 1. The number of hydrogen-bond donors (Lipinski definition) is 1. The second-order valence-electron chi connectivity index (χ2n) is 6.10. The monoisotopic (exact) mass is 247 g/mol. The van der Waals surface area contributed by atoms with Gasteiger partial charge in [0.2, 0.25) is 5.91 Å². The Morgan fingerprint density at radius 1 is 1.22 bits per heavy atom. The maximum absolute atomic E-state index is 11.9. The van der Waals surface area contributed by atoms with Gasteiger partial charge in [-0.1, -0.05) is 58.0 Å². The third kappa shape index (κ3) is 5.85. The van der Waals surface area contributed by atoms with Gasteiger partial charge in [0.1, 0.15) is 0 Å². The van der Waals surface area contributed by atoms with E-state index in [0.717, 1.165) is 12.8 Å². The van der Waals surface area contributed by atoms with Gasteiger partial charge in [0.15, 0.2) is 0 Å². The topological polar surface area (TPSA) is 29.1 Å². The van der Waals surface area contributed by atoms with E-state index in [2.05, 4.69) is 45.1 Å². The first-order chi connectivity index (χ1) is 8.40. The Balaban J connectivity index is 2.50. The Kier molecular flexibility index (Phi) is 5.39. The summed E-state index contributed by atoms with van der Waals surface area (Å²) < 4.78 is 0. The molecule has 0 aromatic heterocycles. The third-order valence-electron chi connectivity index (χ3n) is 2.87. The molecular formula is C16H25NO. The zero-order valence-electron chi connectivity index (χ0n) is 12.0. The van der Waals surface area contributed by atoms with Crippen molar-refractivity contribution in [3.63, 3.8) is 0 Å². The van der Waals surface area contributed by atoms with Gasteiger partial charge in [0.05, 0.1) is 0 Å². The number of amides is 1. The molecule has 1 unspecified atom stereocenters. The summed E-state index contributed by atoms with van der Waals surface area (Å²) >= 11 is 0. The van der Waals surface area contributed by atoms with Crippen LogP contribution in [0.3, 0.4) is 0 Å². The fraction of sp³-hybridized carbons (Fsp3) is 0.562. The minimum atomic E-state index is 0.0507. The van der Waals surface area contributed by atoms with Crippen LogP contribution >= 0.6 is 0 Å². The van der Waals surface area contributed by atoms with Crippen LogP contribution in [0.25, 0.3) is 0 Å². The molecule has 0 aliphatic carbocycles. The smallest absolute Gasteiger partial charge is 0.220 e. The minimum Gasteiger partial charge on any atom is -0.353 e. The molecule has 1 N–H and O–H groups in total. The number of hydrogen-bond acceptors (Lipinski definition) is 1. The van der Waals surface area contributed by atoms with E-state index in [4.69, 9.17) is 0 Å². The van der Waals surface area contributed by atoms with Crippen molar-refractivity contribution in [3.05, 3.63) is 35.9 Å². The molecule has 1 atom stereocenters.